The summed E-state index contributed by atoms with van der Waals surface area (Å²) in [6.45, 7) is 0. The third kappa shape index (κ3) is 6.80. The van der Waals surface area contributed by atoms with Crippen molar-refractivity contribution in [1.29, 1.82) is 0 Å². The highest BCUT2D eigenvalue weighted by Gasteiger charge is 2.16. The average molecular weight is 520 g/mol. The molecule has 8 nitrogen and oxygen atoms in total. The zero-order valence-corrected chi connectivity index (χ0v) is 20.6. The molecule has 0 fully saturated rings. The largest absolute Gasteiger partial charge is 0.356 e. The minimum absolute atomic E-state index is 0.0241. The Morgan fingerprint density at radius 2 is 0.833 bits per heavy atom. The number of nitrogens with zero attached hydrogens (tertiary/aromatic N) is 2. The van der Waals surface area contributed by atoms with Crippen molar-refractivity contribution in [2.45, 2.75) is 0 Å². The van der Waals surface area contributed by atoms with Gasteiger partial charge < -0.3 is 19.6 Å². The average Bonchev–Trinajstić information content (AvgIpc) is 2.86. The van der Waals surface area contributed by atoms with Crippen LogP contribution in [0.25, 0.3) is 35.7 Å². The maximum atomic E-state index is 11.3. The third-order valence-electron chi connectivity index (χ3n) is 5.23. The highest BCUT2D eigenvalue weighted by atomic mass is 31.2. The van der Waals surface area contributed by atoms with Crippen LogP contribution < -0.4 is 10.6 Å². The first kappa shape index (κ1) is 25.6. The van der Waals surface area contributed by atoms with Gasteiger partial charge in [-0.05, 0) is 70.8 Å². The van der Waals surface area contributed by atoms with E-state index in [1.54, 1.807) is 36.7 Å². The number of hydrogen-bond donors (Lipinski definition) is 4. The molecule has 4 aromatic rings. The maximum absolute atomic E-state index is 11.3. The monoisotopic (exact) mass is 520 g/mol. The predicted molar refractivity (Wildman–Crippen MR) is 142 cm³/mol. The normalized spacial score (nSPS) is 12.4. The first-order chi connectivity index (χ1) is 17.1. The molecule has 0 atom stereocenters. The summed E-state index contributed by atoms with van der Waals surface area (Å²) < 4.78 is 22.6. The van der Waals surface area contributed by atoms with E-state index in [0.29, 0.717) is 11.4 Å². The predicted octanol–water partition coefficient (Wildman–Crippen LogP) is 4.09. The highest BCUT2D eigenvalue weighted by molar-refractivity contribution is 7.60. The van der Waals surface area contributed by atoms with Crippen molar-refractivity contribution in [2.24, 2.45) is 0 Å². The summed E-state index contributed by atoms with van der Waals surface area (Å²) in [7, 11) is -8.53. The van der Waals surface area contributed by atoms with E-state index in [9.17, 15) is 28.7 Å². The lowest BCUT2D eigenvalue weighted by Gasteiger charge is -2.04. The minimum Gasteiger partial charge on any atom is -0.321 e. The fraction of sp³-hybridized carbons (Fsp3) is 0. The van der Waals surface area contributed by atoms with Crippen LogP contribution >= 0.6 is 15.2 Å². The topological polar surface area (TPSA) is 141 Å². The molecule has 2 aromatic heterocycles. The Hall–Kier alpha value is -3.48. The Morgan fingerprint density at radius 3 is 1.17 bits per heavy atom. The molecule has 0 saturated heterocycles. The Labute approximate surface area is 207 Å². The Morgan fingerprint density at radius 1 is 0.500 bits per heavy atom. The summed E-state index contributed by atoms with van der Waals surface area (Å²) in [6.07, 6.45) is 10.8. The number of rotatable bonds is 7. The van der Waals surface area contributed by atoms with Crippen molar-refractivity contribution in [3.63, 3.8) is 0 Å². The molecular formula is C26H22N2O6P2. The summed E-state index contributed by atoms with van der Waals surface area (Å²) in [5.74, 6) is 0. The third-order valence-corrected chi connectivity index (χ3v) is 7.17. The summed E-state index contributed by atoms with van der Waals surface area (Å²) in [5, 5.41) is -0.0481. The molecule has 36 heavy (non-hydrogen) atoms. The van der Waals surface area contributed by atoms with Gasteiger partial charge in [-0.3, -0.25) is 19.1 Å². The first-order valence-corrected chi connectivity index (χ1v) is 13.9. The van der Waals surface area contributed by atoms with Crippen molar-refractivity contribution in [2.75, 3.05) is 0 Å². The Kier molecular flexibility index (Phi) is 7.57. The maximum Gasteiger partial charge on any atom is 0.356 e. The van der Waals surface area contributed by atoms with Gasteiger partial charge in [-0.15, -0.1) is 0 Å². The van der Waals surface area contributed by atoms with Crippen LogP contribution in [0.2, 0.25) is 0 Å². The van der Waals surface area contributed by atoms with Crippen LogP contribution in [0, 0.1) is 0 Å². The number of benzene rings is 2. The van der Waals surface area contributed by atoms with Gasteiger partial charge in [-0.2, -0.15) is 0 Å². The van der Waals surface area contributed by atoms with Gasteiger partial charge >= 0.3 is 15.2 Å². The second-order valence-electron chi connectivity index (χ2n) is 7.89. The molecule has 0 saturated carbocycles. The molecule has 4 rings (SSSR count). The number of aromatic nitrogens is 2. The Bertz CT molecular complexity index is 1400. The SMILES string of the molecule is O=P(O)(O)c1ccc(/C=C/c2ccnc(-c3cc(/C=C/c4ccc(P(=O)(O)O)cc4)ccn3)c2)cc1. The van der Waals surface area contributed by atoms with Crippen molar-refractivity contribution in [1.82, 2.24) is 9.97 Å². The van der Waals surface area contributed by atoms with Crippen LogP contribution in [0.1, 0.15) is 22.3 Å². The van der Waals surface area contributed by atoms with Crippen LogP contribution in [0.3, 0.4) is 0 Å². The standard InChI is InChI=1S/C26H22N2O6P2/c29-35(30,31)23-9-5-19(6-10-23)1-3-21-13-15-27-25(17-21)26-18-22(14-16-28-26)4-2-20-7-11-24(12-8-20)36(32,33)34/h1-18H,(H2,29,30,31)(H2,32,33,34)/b3-1+,4-2+. The lowest BCUT2D eigenvalue weighted by molar-refractivity contribution is 0.385. The molecule has 0 amide bonds. The summed E-state index contributed by atoms with van der Waals surface area (Å²) in [5.41, 5.74) is 4.71. The molecular weight excluding hydrogens is 498 g/mol. The number of pyridine rings is 2. The van der Waals surface area contributed by atoms with Gasteiger partial charge in [0.25, 0.3) is 0 Å². The van der Waals surface area contributed by atoms with Crippen LogP contribution in [0.5, 0.6) is 0 Å². The molecule has 0 radical (unpaired) electrons. The molecule has 0 aliphatic rings. The van der Waals surface area contributed by atoms with E-state index < -0.39 is 15.2 Å². The summed E-state index contributed by atoms with van der Waals surface area (Å²) >= 11 is 0. The van der Waals surface area contributed by atoms with E-state index in [0.717, 1.165) is 22.3 Å². The Balaban J connectivity index is 1.50. The second-order valence-corrected chi connectivity index (χ2v) is 11.1. The quantitative estimate of drug-likeness (QED) is 0.267. The first-order valence-electron chi connectivity index (χ1n) is 10.7. The zero-order valence-electron chi connectivity index (χ0n) is 18.8. The van der Waals surface area contributed by atoms with Gasteiger partial charge in [0.2, 0.25) is 0 Å². The molecule has 2 heterocycles. The highest BCUT2D eigenvalue weighted by Crippen LogP contribution is 2.33. The van der Waals surface area contributed by atoms with Crippen molar-refractivity contribution in [3.05, 3.63) is 107 Å². The zero-order chi connectivity index (χ0) is 25.8. The summed E-state index contributed by atoms with van der Waals surface area (Å²) in [6, 6.07) is 19.7. The lowest BCUT2D eigenvalue weighted by atomic mass is 10.1. The summed E-state index contributed by atoms with van der Waals surface area (Å²) in [4.78, 5) is 45.7. The molecule has 0 aliphatic carbocycles. The minimum atomic E-state index is -4.26. The second kappa shape index (κ2) is 10.6. The van der Waals surface area contributed by atoms with Crippen LogP contribution in [0.4, 0.5) is 0 Å². The molecule has 0 unspecified atom stereocenters. The van der Waals surface area contributed by atoms with Gasteiger partial charge in [0, 0.05) is 12.4 Å². The van der Waals surface area contributed by atoms with E-state index in [1.165, 1.54) is 24.3 Å². The molecule has 10 heteroatoms. The number of hydrogen-bond acceptors (Lipinski definition) is 4. The van der Waals surface area contributed by atoms with Gasteiger partial charge in [-0.1, -0.05) is 48.6 Å². The van der Waals surface area contributed by atoms with Gasteiger partial charge in [0.1, 0.15) is 0 Å². The van der Waals surface area contributed by atoms with Crippen LogP contribution in [-0.2, 0) is 9.13 Å². The molecule has 4 N–H and O–H groups in total. The lowest BCUT2D eigenvalue weighted by Crippen LogP contribution is -2.02. The van der Waals surface area contributed by atoms with E-state index in [2.05, 4.69) is 9.97 Å². The van der Waals surface area contributed by atoms with Gasteiger partial charge in [0.15, 0.2) is 0 Å². The van der Waals surface area contributed by atoms with E-state index in [4.69, 9.17) is 0 Å². The van der Waals surface area contributed by atoms with E-state index in [1.807, 2.05) is 48.6 Å². The molecule has 0 spiro atoms. The molecule has 0 aliphatic heterocycles. The van der Waals surface area contributed by atoms with E-state index in [-0.39, 0.29) is 10.6 Å². The van der Waals surface area contributed by atoms with Gasteiger partial charge in [-0.25, -0.2) is 0 Å². The van der Waals surface area contributed by atoms with Crippen molar-refractivity contribution < 1.29 is 28.7 Å². The smallest absolute Gasteiger partial charge is 0.321 e. The molecule has 2 aromatic carbocycles. The van der Waals surface area contributed by atoms with Crippen molar-refractivity contribution >= 4 is 50.1 Å². The van der Waals surface area contributed by atoms with Crippen LogP contribution in [-0.4, -0.2) is 29.5 Å². The fourth-order valence-corrected chi connectivity index (χ4v) is 4.40. The fourth-order valence-electron chi connectivity index (χ4n) is 3.33. The van der Waals surface area contributed by atoms with Crippen LogP contribution in [0.15, 0.2) is 85.2 Å². The van der Waals surface area contributed by atoms with Gasteiger partial charge in [0.05, 0.1) is 22.0 Å². The van der Waals surface area contributed by atoms with E-state index >= 15 is 0 Å². The molecule has 0 bridgehead atoms. The molecule has 182 valence electrons. The van der Waals surface area contributed by atoms with Crippen molar-refractivity contribution in [3.8, 4) is 11.4 Å².